The third-order valence-corrected chi connectivity index (χ3v) is 3.69. The van der Waals surface area contributed by atoms with Crippen molar-refractivity contribution in [1.29, 1.82) is 0 Å². The van der Waals surface area contributed by atoms with Crippen molar-refractivity contribution in [3.05, 3.63) is 58.5 Å². The van der Waals surface area contributed by atoms with Crippen molar-refractivity contribution in [3.8, 4) is 0 Å². The summed E-state index contributed by atoms with van der Waals surface area (Å²) in [5.74, 6) is -0.495. The van der Waals surface area contributed by atoms with Crippen LogP contribution in [0.4, 0.5) is 0 Å². The molecule has 0 atom stereocenters. The lowest BCUT2D eigenvalue weighted by atomic mass is 10.2. The molecule has 0 spiro atoms. The highest BCUT2D eigenvalue weighted by atomic mass is 16.5. The molecule has 0 bridgehead atoms. The van der Waals surface area contributed by atoms with Crippen molar-refractivity contribution in [3.63, 3.8) is 0 Å². The lowest BCUT2D eigenvalue weighted by Gasteiger charge is -2.03. The molecule has 4 rings (SSSR count). The number of carbonyl (C=O) groups is 1. The van der Waals surface area contributed by atoms with Crippen molar-refractivity contribution < 1.29 is 9.53 Å². The van der Waals surface area contributed by atoms with Gasteiger partial charge in [0, 0.05) is 17.1 Å². The van der Waals surface area contributed by atoms with E-state index in [4.69, 9.17) is 0 Å². The van der Waals surface area contributed by atoms with Crippen LogP contribution in [0.25, 0.3) is 27.6 Å². The number of aromatic amines is 1. The van der Waals surface area contributed by atoms with Gasteiger partial charge in [0.2, 0.25) is 0 Å². The Bertz CT molecular complexity index is 1110. The van der Waals surface area contributed by atoms with E-state index in [1.54, 1.807) is 12.1 Å². The number of hydrogen-bond donors (Lipinski definition) is 1. The fourth-order valence-electron chi connectivity index (χ4n) is 2.62. The number of para-hydroxylation sites is 1. The third-order valence-electron chi connectivity index (χ3n) is 3.69. The van der Waals surface area contributed by atoms with E-state index in [1.165, 1.54) is 17.7 Å². The molecular weight excluding hydrogens is 282 g/mol. The van der Waals surface area contributed by atoms with Gasteiger partial charge in [0.1, 0.15) is 16.7 Å². The van der Waals surface area contributed by atoms with E-state index in [2.05, 4.69) is 14.7 Å². The summed E-state index contributed by atoms with van der Waals surface area (Å²) in [4.78, 5) is 31.9. The second-order valence-electron chi connectivity index (χ2n) is 4.95. The molecule has 0 radical (unpaired) electrons. The smallest absolute Gasteiger partial charge is 0.339 e. The van der Waals surface area contributed by atoms with Crippen molar-refractivity contribution >= 4 is 33.6 Å². The van der Waals surface area contributed by atoms with E-state index in [-0.39, 0.29) is 5.56 Å². The first-order valence-corrected chi connectivity index (χ1v) is 6.70. The van der Waals surface area contributed by atoms with Crippen molar-refractivity contribution in [2.45, 2.75) is 0 Å². The molecule has 4 aromatic rings. The Morgan fingerprint density at radius 1 is 1.23 bits per heavy atom. The van der Waals surface area contributed by atoms with Crippen molar-refractivity contribution in [2.75, 3.05) is 7.11 Å². The summed E-state index contributed by atoms with van der Waals surface area (Å²) in [7, 11) is 1.30. The molecule has 0 saturated heterocycles. The van der Waals surface area contributed by atoms with Crippen molar-refractivity contribution in [1.82, 2.24) is 14.4 Å². The first-order chi connectivity index (χ1) is 10.7. The van der Waals surface area contributed by atoms with Crippen LogP contribution in [-0.4, -0.2) is 27.4 Å². The molecule has 1 aromatic carbocycles. The number of nitrogens with one attached hydrogen (secondary N) is 1. The van der Waals surface area contributed by atoms with Gasteiger partial charge in [0.25, 0.3) is 5.56 Å². The summed E-state index contributed by atoms with van der Waals surface area (Å²) in [6.07, 6.45) is 1.45. The molecular formula is C16H11N3O3. The van der Waals surface area contributed by atoms with Gasteiger partial charge in [0.15, 0.2) is 0 Å². The fraction of sp³-hybridized carbons (Fsp3) is 0.0625. The van der Waals surface area contributed by atoms with Gasteiger partial charge in [-0.15, -0.1) is 0 Å². The van der Waals surface area contributed by atoms with Crippen LogP contribution < -0.4 is 5.56 Å². The maximum atomic E-state index is 12.7. The summed E-state index contributed by atoms with van der Waals surface area (Å²) in [5, 5.41) is 0.897. The number of rotatable bonds is 1. The number of pyridine rings is 1. The number of benzene rings is 1. The zero-order chi connectivity index (χ0) is 15.3. The minimum Gasteiger partial charge on any atom is -0.465 e. The summed E-state index contributed by atoms with van der Waals surface area (Å²) in [6.45, 7) is 0. The quantitative estimate of drug-likeness (QED) is 0.545. The topological polar surface area (TPSA) is 76.5 Å². The van der Waals surface area contributed by atoms with Crippen LogP contribution >= 0.6 is 0 Å². The Morgan fingerprint density at radius 3 is 2.86 bits per heavy atom. The SMILES string of the molecule is COC(=O)c1ccc2nc3c([nH]c4ccccc43)c(=O)n2c1. The summed E-state index contributed by atoms with van der Waals surface area (Å²) < 4.78 is 6.03. The Hall–Kier alpha value is -3.15. The highest BCUT2D eigenvalue weighted by Crippen LogP contribution is 2.21. The Morgan fingerprint density at radius 2 is 2.05 bits per heavy atom. The molecule has 6 heteroatoms. The van der Waals surface area contributed by atoms with Gasteiger partial charge in [-0.25, -0.2) is 9.78 Å². The van der Waals surface area contributed by atoms with Crippen molar-refractivity contribution in [2.24, 2.45) is 0 Å². The zero-order valence-corrected chi connectivity index (χ0v) is 11.7. The molecule has 108 valence electrons. The predicted octanol–water partition coefficient (Wildman–Crippen LogP) is 2.12. The number of methoxy groups -OCH3 is 1. The second-order valence-corrected chi connectivity index (χ2v) is 4.95. The Balaban J connectivity index is 2.14. The molecule has 0 unspecified atom stereocenters. The van der Waals surface area contributed by atoms with Crippen LogP contribution in [0.2, 0.25) is 0 Å². The third kappa shape index (κ3) is 1.64. The van der Waals surface area contributed by atoms with Crippen LogP contribution in [0.5, 0.6) is 0 Å². The molecule has 0 aliphatic rings. The number of ether oxygens (including phenoxy) is 1. The van der Waals surface area contributed by atoms with Gasteiger partial charge >= 0.3 is 5.97 Å². The maximum absolute atomic E-state index is 12.7. The number of hydrogen-bond acceptors (Lipinski definition) is 4. The number of fused-ring (bicyclic) bond motifs is 4. The van der Waals surface area contributed by atoms with Gasteiger partial charge in [-0.3, -0.25) is 9.20 Å². The highest BCUT2D eigenvalue weighted by molar-refractivity contribution is 6.05. The monoisotopic (exact) mass is 293 g/mol. The van der Waals surface area contributed by atoms with E-state index in [9.17, 15) is 9.59 Å². The Labute approximate surface area is 124 Å². The van der Waals surface area contributed by atoms with Crippen LogP contribution in [0.15, 0.2) is 47.4 Å². The van der Waals surface area contributed by atoms with Gasteiger partial charge in [-0.05, 0) is 18.2 Å². The minimum atomic E-state index is -0.495. The normalized spacial score (nSPS) is 11.3. The van der Waals surface area contributed by atoms with E-state index in [1.807, 2.05) is 24.3 Å². The molecule has 0 amide bonds. The lowest BCUT2D eigenvalue weighted by Crippen LogP contribution is -2.16. The number of carbonyl (C=O) groups excluding carboxylic acids is 1. The molecule has 3 heterocycles. The number of aromatic nitrogens is 3. The van der Waals surface area contributed by atoms with E-state index in [0.29, 0.717) is 22.2 Å². The minimum absolute atomic E-state index is 0.248. The van der Waals surface area contributed by atoms with Gasteiger partial charge in [-0.1, -0.05) is 18.2 Å². The Kier molecular flexibility index (Phi) is 2.53. The van der Waals surface area contributed by atoms with E-state index < -0.39 is 5.97 Å². The fourth-order valence-corrected chi connectivity index (χ4v) is 2.62. The molecule has 1 N–H and O–H groups in total. The van der Waals surface area contributed by atoms with Crippen LogP contribution in [0.3, 0.4) is 0 Å². The van der Waals surface area contributed by atoms with Crippen LogP contribution in [0, 0.1) is 0 Å². The van der Waals surface area contributed by atoms with Crippen LogP contribution in [-0.2, 0) is 4.74 Å². The molecule has 0 aliphatic carbocycles. The molecule has 0 saturated carbocycles. The van der Waals surface area contributed by atoms with Gasteiger partial charge in [0.05, 0.1) is 12.7 Å². The maximum Gasteiger partial charge on any atom is 0.339 e. The van der Waals surface area contributed by atoms with E-state index in [0.717, 1.165) is 10.9 Å². The molecule has 6 nitrogen and oxygen atoms in total. The summed E-state index contributed by atoms with van der Waals surface area (Å²) in [5.41, 5.74) is 2.43. The zero-order valence-electron chi connectivity index (χ0n) is 11.7. The average Bonchev–Trinajstić information content (AvgIpc) is 2.93. The first kappa shape index (κ1) is 12.6. The summed E-state index contributed by atoms with van der Waals surface area (Å²) >= 11 is 0. The largest absolute Gasteiger partial charge is 0.465 e. The van der Waals surface area contributed by atoms with E-state index >= 15 is 0 Å². The molecule has 3 aromatic heterocycles. The second kappa shape index (κ2) is 4.42. The molecule has 0 fully saturated rings. The number of H-pyrrole nitrogens is 1. The standard InChI is InChI=1S/C16H11N3O3/c1-22-16(21)9-6-7-12-18-13-10-4-2-3-5-11(10)17-14(13)15(20)19(12)8-9/h2-8,17H,1H3. The van der Waals surface area contributed by atoms with Gasteiger partial charge < -0.3 is 9.72 Å². The average molecular weight is 293 g/mol. The van der Waals surface area contributed by atoms with Gasteiger partial charge in [-0.2, -0.15) is 0 Å². The lowest BCUT2D eigenvalue weighted by molar-refractivity contribution is 0.0600. The molecule has 22 heavy (non-hydrogen) atoms. The predicted molar refractivity (Wildman–Crippen MR) is 82.2 cm³/mol. The number of esters is 1. The number of nitrogens with zero attached hydrogens (tertiary/aromatic N) is 2. The highest BCUT2D eigenvalue weighted by Gasteiger charge is 2.13. The molecule has 0 aliphatic heterocycles. The summed E-state index contributed by atoms with van der Waals surface area (Å²) in [6, 6.07) is 10.8. The first-order valence-electron chi connectivity index (χ1n) is 6.70. The van der Waals surface area contributed by atoms with Crippen LogP contribution in [0.1, 0.15) is 10.4 Å².